The summed E-state index contributed by atoms with van der Waals surface area (Å²) < 4.78 is 20.8. The van der Waals surface area contributed by atoms with Gasteiger partial charge >= 0.3 is 0 Å². The number of amides is 1. The van der Waals surface area contributed by atoms with E-state index in [0.29, 0.717) is 22.3 Å². The lowest BCUT2D eigenvalue weighted by Crippen LogP contribution is -2.32. The van der Waals surface area contributed by atoms with Crippen molar-refractivity contribution in [3.63, 3.8) is 0 Å². The molecule has 0 saturated heterocycles. The van der Waals surface area contributed by atoms with Gasteiger partial charge in [0.2, 0.25) is 11.5 Å². The minimum atomic E-state index is -0.422. The minimum absolute atomic E-state index is 0.0657. The van der Waals surface area contributed by atoms with Crippen LogP contribution in [0.25, 0.3) is 22.1 Å². The second kappa shape index (κ2) is 4.91. The molecule has 6 nitrogen and oxygen atoms in total. The lowest BCUT2D eigenvalue weighted by molar-refractivity contribution is -0.134. The molecule has 1 fully saturated rings. The molecular weight excluding hydrogens is 325 g/mol. The summed E-state index contributed by atoms with van der Waals surface area (Å²) >= 11 is 0. The number of carbonyl (C=O) groups excluding carboxylic acids is 1. The molecule has 0 radical (unpaired) electrons. The molecule has 128 valence electrons. The summed E-state index contributed by atoms with van der Waals surface area (Å²) in [4.78, 5) is 32.0. The third-order valence-corrected chi connectivity index (χ3v) is 5.44. The zero-order valence-electron chi connectivity index (χ0n) is 13.7. The van der Waals surface area contributed by atoms with Gasteiger partial charge in [0.05, 0.1) is 18.5 Å². The van der Waals surface area contributed by atoms with E-state index in [-0.39, 0.29) is 35.6 Å². The summed E-state index contributed by atoms with van der Waals surface area (Å²) in [5.74, 6) is 0.0187. The van der Waals surface area contributed by atoms with Gasteiger partial charge < -0.3 is 9.32 Å². The summed E-state index contributed by atoms with van der Waals surface area (Å²) in [6.45, 7) is 0.283. The fourth-order valence-electron chi connectivity index (χ4n) is 4.29. The Balaban J connectivity index is 1.86. The van der Waals surface area contributed by atoms with Crippen molar-refractivity contribution >= 4 is 28.0 Å². The van der Waals surface area contributed by atoms with E-state index in [1.54, 1.807) is 22.6 Å². The van der Waals surface area contributed by atoms with Crippen LogP contribution in [0.5, 0.6) is 0 Å². The smallest absolute Gasteiger partial charge is 0.297 e. The molecule has 25 heavy (non-hydrogen) atoms. The monoisotopic (exact) mass is 341 g/mol. The maximum absolute atomic E-state index is 13.5. The number of carbonyl (C=O) groups is 1. The molecule has 3 heterocycles. The van der Waals surface area contributed by atoms with E-state index in [2.05, 4.69) is 4.98 Å². The van der Waals surface area contributed by atoms with E-state index in [0.717, 1.165) is 19.3 Å². The number of benzene rings is 1. The molecule has 5 rings (SSSR count). The van der Waals surface area contributed by atoms with E-state index in [1.807, 2.05) is 0 Å². The highest BCUT2D eigenvalue weighted by molar-refractivity contribution is 6.02. The lowest BCUT2D eigenvalue weighted by atomic mass is 10.0. The van der Waals surface area contributed by atoms with Crippen LogP contribution in [0.3, 0.4) is 0 Å². The number of furan rings is 1. The van der Waals surface area contributed by atoms with Gasteiger partial charge in [0.25, 0.3) is 5.56 Å². The summed E-state index contributed by atoms with van der Waals surface area (Å²) in [7, 11) is 1.74. The Hall–Kier alpha value is -2.70. The van der Waals surface area contributed by atoms with Gasteiger partial charge in [-0.05, 0) is 25.0 Å². The molecule has 1 aromatic carbocycles. The minimum Gasteiger partial charge on any atom is -0.448 e. The Kier molecular flexibility index (Phi) is 2.87. The second-order valence-electron chi connectivity index (χ2n) is 6.92. The average Bonchev–Trinajstić information content (AvgIpc) is 3.16. The van der Waals surface area contributed by atoms with Crippen molar-refractivity contribution < 1.29 is 13.6 Å². The zero-order valence-corrected chi connectivity index (χ0v) is 13.7. The van der Waals surface area contributed by atoms with Gasteiger partial charge in [0, 0.05) is 18.5 Å². The normalized spacial score (nSPS) is 23.1. The van der Waals surface area contributed by atoms with Crippen molar-refractivity contribution in [2.45, 2.75) is 31.8 Å². The SMILES string of the molecule is CN1Cc2nc3c(oc4cc(F)ccc43)c(=O)n2[C@@H]2CCC[C@H]2C1=O. The molecule has 1 aliphatic heterocycles. The van der Waals surface area contributed by atoms with Gasteiger partial charge in [-0.2, -0.15) is 0 Å². The van der Waals surface area contributed by atoms with Crippen molar-refractivity contribution in [2.75, 3.05) is 7.05 Å². The maximum atomic E-state index is 13.5. The predicted molar refractivity (Wildman–Crippen MR) is 88.6 cm³/mol. The first-order valence-corrected chi connectivity index (χ1v) is 8.43. The first-order valence-electron chi connectivity index (χ1n) is 8.43. The van der Waals surface area contributed by atoms with Crippen molar-refractivity contribution in [3.05, 3.63) is 40.2 Å². The molecule has 0 N–H and O–H groups in total. The van der Waals surface area contributed by atoms with Crippen LogP contribution in [-0.2, 0) is 11.3 Å². The Morgan fingerprint density at radius 3 is 2.96 bits per heavy atom. The Morgan fingerprint density at radius 2 is 2.12 bits per heavy atom. The van der Waals surface area contributed by atoms with Crippen LogP contribution < -0.4 is 5.56 Å². The molecule has 2 aromatic heterocycles. The predicted octanol–water partition coefficient (Wildman–Crippen LogP) is 2.60. The summed E-state index contributed by atoms with van der Waals surface area (Å²) in [5.41, 5.74) is 0.597. The third-order valence-electron chi connectivity index (χ3n) is 5.44. The van der Waals surface area contributed by atoms with E-state index < -0.39 is 5.82 Å². The van der Waals surface area contributed by atoms with Crippen LogP contribution in [0.2, 0.25) is 0 Å². The number of fused-ring (bicyclic) bond motifs is 6. The van der Waals surface area contributed by atoms with Gasteiger partial charge in [-0.25, -0.2) is 9.37 Å². The molecule has 1 amide bonds. The summed E-state index contributed by atoms with van der Waals surface area (Å²) in [6, 6.07) is 3.98. The molecule has 0 bridgehead atoms. The number of aromatic nitrogens is 2. The molecule has 7 heteroatoms. The van der Waals surface area contributed by atoms with Gasteiger partial charge in [-0.1, -0.05) is 6.42 Å². The highest BCUT2D eigenvalue weighted by atomic mass is 19.1. The molecule has 0 unspecified atom stereocenters. The lowest BCUT2D eigenvalue weighted by Gasteiger charge is -2.19. The zero-order chi connectivity index (χ0) is 17.3. The molecule has 2 atom stereocenters. The Bertz CT molecular complexity index is 1100. The van der Waals surface area contributed by atoms with Crippen LogP contribution >= 0.6 is 0 Å². The fraction of sp³-hybridized carbons (Fsp3) is 0.389. The van der Waals surface area contributed by atoms with Crippen molar-refractivity contribution in [1.82, 2.24) is 14.5 Å². The highest BCUT2D eigenvalue weighted by Gasteiger charge is 2.40. The van der Waals surface area contributed by atoms with Crippen LogP contribution in [0.15, 0.2) is 27.4 Å². The van der Waals surface area contributed by atoms with E-state index in [1.165, 1.54) is 12.1 Å². The molecule has 3 aromatic rings. The van der Waals surface area contributed by atoms with Crippen LogP contribution in [0.1, 0.15) is 31.1 Å². The van der Waals surface area contributed by atoms with E-state index >= 15 is 0 Å². The average molecular weight is 341 g/mol. The molecule has 0 spiro atoms. The molecule has 2 aliphatic rings. The van der Waals surface area contributed by atoms with Crippen molar-refractivity contribution in [1.29, 1.82) is 0 Å². The molecule has 1 aliphatic carbocycles. The number of hydrogen-bond acceptors (Lipinski definition) is 4. The highest BCUT2D eigenvalue weighted by Crippen LogP contribution is 2.39. The number of hydrogen-bond donors (Lipinski definition) is 0. The quantitative estimate of drug-likeness (QED) is 0.630. The third kappa shape index (κ3) is 1.92. The molecule has 1 saturated carbocycles. The Labute approximate surface area is 141 Å². The second-order valence-corrected chi connectivity index (χ2v) is 6.92. The van der Waals surface area contributed by atoms with Crippen molar-refractivity contribution in [2.24, 2.45) is 5.92 Å². The van der Waals surface area contributed by atoms with Crippen LogP contribution in [-0.4, -0.2) is 27.4 Å². The van der Waals surface area contributed by atoms with Gasteiger partial charge in [0.1, 0.15) is 22.7 Å². The number of nitrogens with zero attached hydrogens (tertiary/aromatic N) is 3. The van der Waals surface area contributed by atoms with Gasteiger partial charge in [-0.15, -0.1) is 0 Å². The van der Waals surface area contributed by atoms with Gasteiger partial charge in [-0.3, -0.25) is 14.2 Å². The van der Waals surface area contributed by atoms with Crippen molar-refractivity contribution in [3.8, 4) is 0 Å². The largest absolute Gasteiger partial charge is 0.448 e. The van der Waals surface area contributed by atoms with Gasteiger partial charge in [0.15, 0.2) is 0 Å². The van der Waals surface area contributed by atoms with E-state index in [4.69, 9.17) is 4.42 Å². The standard InChI is InChI=1S/C18H16FN3O3/c1-21-8-14-20-15-11-6-5-9(19)7-13(11)25-16(15)18(24)22(14)12-4-2-3-10(12)17(21)23/h5-7,10,12H,2-4,8H2,1H3/t10-,12-/m1/s1. The van der Waals surface area contributed by atoms with E-state index in [9.17, 15) is 14.0 Å². The topological polar surface area (TPSA) is 68.3 Å². The number of rotatable bonds is 0. The fourth-order valence-corrected chi connectivity index (χ4v) is 4.29. The number of halogens is 1. The first kappa shape index (κ1) is 14.6. The summed E-state index contributed by atoms with van der Waals surface area (Å²) in [6.07, 6.45) is 2.46. The first-order chi connectivity index (χ1) is 12.0. The van der Waals surface area contributed by atoms with Crippen LogP contribution in [0.4, 0.5) is 4.39 Å². The Morgan fingerprint density at radius 1 is 1.28 bits per heavy atom. The molecular formula is C18H16FN3O3. The van der Waals surface area contributed by atoms with Crippen LogP contribution in [0, 0.1) is 11.7 Å². The summed E-state index contributed by atoms with van der Waals surface area (Å²) in [5, 5.41) is 0.609. The maximum Gasteiger partial charge on any atom is 0.297 e.